The minimum atomic E-state index is -1.15. The average molecular weight is 362 g/mol. The van der Waals surface area contributed by atoms with E-state index in [-0.39, 0.29) is 25.2 Å². The summed E-state index contributed by atoms with van der Waals surface area (Å²) >= 11 is 0. The zero-order valence-electron chi connectivity index (χ0n) is 15.0. The monoisotopic (exact) mass is 362 g/mol. The topological polar surface area (TPSA) is 87.0 Å². The highest BCUT2D eigenvalue weighted by molar-refractivity contribution is 5.91. The van der Waals surface area contributed by atoms with Gasteiger partial charge in [0.05, 0.1) is 11.4 Å². The Kier molecular flexibility index (Phi) is 5.66. The van der Waals surface area contributed by atoms with Gasteiger partial charge in [0.2, 0.25) is 5.91 Å². The van der Waals surface area contributed by atoms with Crippen LogP contribution in [-0.4, -0.2) is 21.7 Å². The first-order valence-electron chi connectivity index (χ1n) is 8.75. The molecule has 0 spiro atoms. The van der Waals surface area contributed by atoms with E-state index in [1.807, 2.05) is 67.6 Å². The number of aryl methyl sites for hydroxylation is 1. The third-order valence-corrected chi connectivity index (χ3v) is 4.11. The van der Waals surface area contributed by atoms with E-state index in [4.69, 9.17) is 0 Å². The number of hydrogen-bond donors (Lipinski definition) is 1. The number of benzene rings is 2. The zero-order chi connectivity index (χ0) is 19.2. The molecule has 0 aliphatic heterocycles. The number of carboxylic acid groups (broad SMARTS) is 1. The van der Waals surface area contributed by atoms with E-state index in [9.17, 15) is 14.7 Å². The molecule has 0 unspecified atom stereocenters. The molecule has 138 valence electrons. The summed E-state index contributed by atoms with van der Waals surface area (Å²) in [6, 6.07) is 19.3. The molecule has 0 saturated heterocycles. The Labute approximate surface area is 157 Å². The molecule has 0 saturated carbocycles. The van der Waals surface area contributed by atoms with Gasteiger partial charge in [0.1, 0.15) is 5.82 Å². The van der Waals surface area contributed by atoms with Crippen molar-refractivity contribution >= 4 is 17.7 Å². The van der Waals surface area contributed by atoms with Gasteiger partial charge < -0.3 is 15.2 Å². The lowest BCUT2D eigenvalue weighted by molar-refractivity contribution is -0.305. The molecule has 6 heteroatoms. The highest BCUT2D eigenvalue weighted by Gasteiger charge is 2.13. The minimum absolute atomic E-state index is 0.105. The molecule has 0 atom stereocenters. The second-order valence-electron chi connectivity index (χ2n) is 6.30. The first-order chi connectivity index (χ1) is 13.0. The lowest BCUT2D eigenvalue weighted by Gasteiger charge is -2.09. The van der Waals surface area contributed by atoms with Gasteiger partial charge in [0.15, 0.2) is 0 Å². The van der Waals surface area contributed by atoms with Crippen molar-refractivity contribution in [2.24, 2.45) is 0 Å². The van der Waals surface area contributed by atoms with E-state index in [0.29, 0.717) is 5.82 Å². The van der Waals surface area contributed by atoms with Crippen LogP contribution in [0.3, 0.4) is 0 Å². The van der Waals surface area contributed by atoms with Crippen molar-refractivity contribution < 1.29 is 14.7 Å². The average Bonchev–Trinajstić information content (AvgIpc) is 3.06. The number of aliphatic carboxylic acids is 1. The maximum Gasteiger partial charge on any atom is 0.225 e. The Bertz CT molecular complexity index is 931. The maximum atomic E-state index is 12.2. The van der Waals surface area contributed by atoms with Gasteiger partial charge >= 0.3 is 0 Å². The number of aromatic nitrogens is 2. The second-order valence-corrected chi connectivity index (χ2v) is 6.30. The third-order valence-electron chi connectivity index (χ3n) is 4.11. The molecule has 0 bridgehead atoms. The summed E-state index contributed by atoms with van der Waals surface area (Å²) in [4.78, 5) is 22.7. The van der Waals surface area contributed by atoms with Crippen LogP contribution in [-0.2, 0) is 9.59 Å². The van der Waals surface area contributed by atoms with Crippen molar-refractivity contribution in [3.8, 4) is 16.9 Å². The Morgan fingerprint density at radius 2 is 1.74 bits per heavy atom. The van der Waals surface area contributed by atoms with Gasteiger partial charge in [-0.3, -0.25) is 4.79 Å². The predicted molar refractivity (Wildman–Crippen MR) is 101 cm³/mol. The lowest BCUT2D eigenvalue weighted by Crippen LogP contribution is -2.22. The SMILES string of the molecule is Cc1ccc(-n2nc(-c3ccccc3)cc2NC(=O)CCCC(=O)[O-])cc1. The summed E-state index contributed by atoms with van der Waals surface area (Å²) in [5, 5.41) is 18.0. The minimum Gasteiger partial charge on any atom is -0.550 e. The molecule has 27 heavy (non-hydrogen) atoms. The van der Waals surface area contributed by atoms with Gasteiger partial charge in [-0.15, -0.1) is 0 Å². The van der Waals surface area contributed by atoms with Gasteiger partial charge in [0, 0.05) is 24.0 Å². The van der Waals surface area contributed by atoms with Gasteiger partial charge in [-0.25, -0.2) is 4.68 Å². The summed E-state index contributed by atoms with van der Waals surface area (Å²) in [6.45, 7) is 2.00. The number of nitrogens with zero attached hydrogens (tertiary/aromatic N) is 2. The Morgan fingerprint density at radius 1 is 1.04 bits per heavy atom. The lowest BCUT2D eigenvalue weighted by atomic mass is 10.1. The van der Waals surface area contributed by atoms with Crippen LogP contribution >= 0.6 is 0 Å². The number of carbonyl (C=O) groups excluding carboxylic acids is 2. The molecule has 6 nitrogen and oxygen atoms in total. The van der Waals surface area contributed by atoms with Crippen LogP contribution in [0.25, 0.3) is 16.9 Å². The molecule has 1 heterocycles. The molecule has 0 aliphatic rings. The standard InChI is InChI=1S/C21H21N3O3/c1-15-10-12-17(13-11-15)24-19(22-20(25)8-5-9-21(26)27)14-18(23-24)16-6-3-2-4-7-16/h2-4,6-7,10-14H,5,8-9H2,1H3,(H,22,25)(H,26,27)/p-1. The van der Waals surface area contributed by atoms with Crippen molar-refractivity contribution in [1.82, 2.24) is 9.78 Å². The molecule has 1 N–H and O–H groups in total. The number of rotatable bonds is 7. The molecule has 0 fully saturated rings. The van der Waals surface area contributed by atoms with Crippen LogP contribution in [0.1, 0.15) is 24.8 Å². The number of hydrogen-bond acceptors (Lipinski definition) is 4. The number of nitrogens with one attached hydrogen (secondary N) is 1. The molecule has 3 rings (SSSR count). The van der Waals surface area contributed by atoms with Crippen LogP contribution in [0, 0.1) is 6.92 Å². The second kappa shape index (κ2) is 8.31. The molecule has 1 amide bonds. The van der Waals surface area contributed by atoms with Crippen molar-refractivity contribution in [2.75, 3.05) is 5.32 Å². The fraction of sp³-hybridized carbons (Fsp3) is 0.190. The number of anilines is 1. The maximum absolute atomic E-state index is 12.2. The summed E-state index contributed by atoms with van der Waals surface area (Å²) in [5.74, 6) is -0.876. The Morgan fingerprint density at radius 3 is 2.41 bits per heavy atom. The van der Waals surface area contributed by atoms with Crippen LogP contribution in [0.2, 0.25) is 0 Å². The van der Waals surface area contributed by atoms with Crippen molar-refractivity contribution in [2.45, 2.75) is 26.2 Å². The number of carboxylic acids is 1. The molecular formula is C21H20N3O3-. The molecule has 1 aromatic heterocycles. The van der Waals surface area contributed by atoms with Gasteiger partial charge in [-0.1, -0.05) is 48.0 Å². The van der Waals surface area contributed by atoms with Crippen LogP contribution < -0.4 is 10.4 Å². The molecule has 0 radical (unpaired) electrons. The van der Waals surface area contributed by atoms with Gasteiger partial charge in [0.25, 0.3) is 0 Å². The largest absolute Gasteiger partial charge is 0.550 e. The zero-order valence-corrected chi connectivity index (χ0v) is 15.0. The van der Waals surface area contributed by atoms with Gasteiger partial charge in [-0.2, -0.15) is 5.10 Å². The summed E-state index contributed by atoms with van der Waals surface area (Å²) < 4.78 is 1.68. The van der Waals surface area contributed by atoms with E-state index >= 15 is 0 Å². The fourth-order valence-corrected chi connectivity index (χ4v) is 2.70. The number of amides is 1. The normalized spacial score (nSPS) is 10.6. The van der Waals surface area contributed by atoms with Crippen LogP contribution in [0.5, 0.6) is 0 Å². The first kappa shape index (κ1) is 18.4. The summed E-state index contributed by atoms with van der Waals surface area (Å²) in [7, 11) is 0. The summed E-state index contributed by atoms with van der Waals surface area (Å²) in [5.41, 5.74) is 3.63. The van der Waals surface area contributed by atoms with Crippen molar-refractivity contribution in [1.29, 1.82) is 0 Å². The Hall–Kier alpha value is -3.41. The molecular weight excluding hydrogens is 342 g/mol. The first-order valence-corrected chi connectivity index (χ1v) is 8.75. The molecule has 0 aliphatic carbocycles. The smallest absolute Gasteiger partial charge is 0.225 e. The molecule has 2 aromatic carbocycles. The highest BCUT2D eigenvalue weighted by atomic mass is 16.4. The van der Waals surface area contributed by atoms with Crippen LogP contribution in [0.4, 0.5) is 5.82 Å². The summed E-state index contributed by atoms with van der Waals surface area (Å²) in [6.07, 6.45) is 0.200. The van der Waals surface area contributed by atoms with Crippen molar-refractivity contribution in [3.63, 3.8) is 0 Å². The quantitative estimate of drug-likeness (QED) is 0.700. The fourth-order valence-electron chi connectivity index (χ4n) is 2.70. The van der Waals surface area contributed by atoms with Gasteiger partial charge in [-0.05, 0) is 31.9 Å². The van der Waals surface area contributed by atoms with E-state index in [1.165, 1.54) is 0 Å². The predicted octanol–water partition coefficient (Wildman–Crippen LogP) is 2.71. The van der Waals surface area contributed by atoms with Crippen molar-refractivity contribution in [3.05, 3.63) is 66.2 Å². The molecule has 3 aromatic rings. The Balaban J connectivity index is 1.88. The van der Waals surface area contributed by atoms with E-state index in [2.05, 4.69) is 10.4 Å². The third kappa shape index (κ3) is 4.82. The highest BCUT2D eigenvalue weighted by Crippen LogP contribution is 2.25. The van der Waals surface area contributed by atoms with E-state index in [1.54, 1.807) is 4.68 Å². The number of carbonyl (C=O) groups is 2. The van der Waals surface area contributed by atoms with Crippen LogP contribution in [0.15, 0.2) is 60.7 Å². The van der Waals surface area contributed by atoms with E-state index < -0.39 is 5.97 Å². The van der Waals surface area contributed by atoms with E-state index in [0.717, 1.165) is 22.5 Å².